The van der Waals surface area contributed by atoms with Gasteiger partial charge >= 0.3 is 0 Å². The first-order valence-electron chi connectivity index (χ1n) is 9.07. The van der Waals surface area contributed by atoms with Gasteiger partial charge in [0, 0.05) is 17.9 Å². The molecule has 2 aromatic rings. The van der Waals surface area contributed by atoms with Crippen molar-refractivity contribution in [3.63, 3.8) is 0 Å². The number of guanidine groups is 1. The van der Waals surface area contributed by atoms with Crippen LogP contribution in [0.25, 0.3) is 0 Å². The van der Waals surface area contributed by atoms with E-state index in [0.29, 0.717) is 29.3 Å². The number of benzene rings is 2. The number of hydrogen-bond acceptors (Lipinski definition) is 5. The van der Waals surface area contributed by atoms with Crippen molar-refractivity contribution in [2.75, 3.05) is 25.3 Å². The van der Waals surface area contributed by atoms with E-state index in [9.17, 15) is 9.18 Å². The third kappa shape index (κ3) is 4.40. The summed E-state index contributed by atoms with van der Waals surface area (Å²) in [6.45, 7) is 1.26. The highest BCUT2D eigenvalue weighted by atomic mass is 19.1. The minimum absolute atomic E-state index is 0.0201. The molecule has 8 heteroatoms. The molecule has 7 nitrogen and oxygen atoms in total. The maximum atomic E-state index is 13.5. The van der Waals surface area contributed by atoms with Gasteiger partial charge in [-0.05, 0) is 49.2 Å². The minimum atomic E-state index is -0.384. The van der Waals surface area contributed by atoms with Crippen LogP contribution < -0.4 is 20.1 Å². The molecular formula is C20H20FN3O4. The van der Waals surface area contributed by atoms with Crippen molar-refractivity contribution < 1.29 is 23.4 Å². The quantitative estimate of drug-likeness (QED) is 0.625. The molecule has 146 valence electrons. The fourth-order valence-electron chi connectivity index (χ4n) is 3.01. The number of hydrogen-bond donors (Lipinski definition) is 2. The average molecular weight is 385 g/mol. The van der Waals surface area contributed by atoms with Gasteiger partial charge in [0.15, 0.2) is 11.5 Å². The van der Waals surface area contributed by atoms with Crippen LogP contribution in [0, 0.1) is 5.82 Å². The highest BCUT2D eigenvalue weighted by molar-refractivity contribution is 6.10. The van der Waals surface area contributed by atoms with Crippen LogP contribution in [0.2, 0.25) is 0 Å². The molecule has 4 rings (SSSR count). The molecule has 1 saturated heterocycles. The highest BCUT2D eigenvalue weighted by Gasteiger charge is 2.18. The van der Waals surface area contributed by atoms with E-state index in [-0.39, 0.29) is 30.6 Å². The summed E-state index contributed by atoms with van der Waals surface area (Å²) < 4.78 is 29.6. The number of halogens is 1. The Morgan fingerprint density at radius 3 is 2.89 bits per heavy atom. The van der Waals surface area contributed by atoms with Gasteiger partial charge in [0.2, 0.25) is 12.8 Å². The van der Waals surface area contributed by atoms with Crippen LogP contribution in [-0.4, -0.2) is 37.9 Å². The van der Waals surface area contributed by atoms with Crippen LogP contribution in [0.3, 0.4) is 0 Å². The Morgan fingerprint density at radius 2 is 2.07 bits per heavy atom. The lowest BCUT2D eigenvalue weighted by atomic mass is 10.2. The Bertz CT molecular complexity index is 897. The Kier molecular flexibility index (Phi) is 5.38. The van der Waals surface area contributed by atoms with Crippen LogP contribution >= 0.6 is 0 Å². The van der Waals surface area contributed by atoms with Gasteiger partial charge in [-0.15, -0.1) is 0 Å². The van der Waals surface area contributed by atoms with E-state index >= 15 is 0 Å². The van der Waals surface area contributed by atoms with Crippen molar-refractivity contribution in [1.82, 2.24) is 5.32 Å². The van der Waals surface area contributed by atoms with E-state index in [1.54, 1.807) is 30.3 Å². The molecule has 0 saturated carbocycles. The summed E-state index contributed by atoms with van der Waals surface area (Å²) in [4.78, 5) is 17.1. The zero-order valence-electron chi connectivity index (χ0n) is 15.1. The molecule has 1 fully saturated rings. The largest absolute Gasteiger partial charge is 0.454 e. The molecule has 0 radical (unpaired) electrons. The molecule has 2 heterocycles. The monoisotopic (exact) mass is 385 g/mol. The van der Waals surface area contributed by atoms with E-state index < -0.39 is 0 Å². The summed E-state index contributed by atoms with van der Waals surface area (Å²) in [5, 5.41) is 5.71. The molecular weight excluding hydrogens is 365 g/mol. The summed E-state index contributed by atoms with van der Waals surface area (Å²) in [6.07, 6.45) is 1.94. The molecule has 2 aromatic carbocycles. The van der Waals surface area contributed by atoms with Crippen molar-refractivity contribution in [3.05, 3.63) is 53.8 Å². The van der Waals surface area contributed by atoms with Crippen molar-refractivity contribution in [3.8, 4) is 11.5 Å². The van der Waals surface area contributed by atoms with Gasteiger partial charge in [-0.25, -0.2) is 9.38 Å². The van der Waals surface area contributed by atoms with Gasteiger partial charge in [-0.2, -0.15) is 0 Å². The first kappa shape index (κ1) is 18.2. The molecule has 0 bridgehead atoms. The molecule has 0 unspecified atom stereocenters. The van der Waals surface area contributed by atoms with E-state index in [0.717, 1.165) is 19.4 Å². The first-order valence-corrected chi connectivity index (χ1v) is 9.07. The van der Waals surface area contributed by atoms with Gasteiger partial charge in [-0.1, -0.05) is 6.07 Å². The van der Waals surface area contributed by atoms with Gasteiger partial charge in [0.05, 0.1) is 12.6 Å². The topological polar surface area (TPSA) is 81.2 Å². The fraction of sp³-hybridized carbons (Fsp3) is 0.300. The van der Waals surface area contributed by atoms with E-state index in [1.807, 2.05) is 0 Å². The number of anilines is 1. The van der Waals surface area contributed by atoms with Crippen molar-refractivity contribution >= 4 is 17.6 Å². The smallest absolute Gasteiger partial charge is 0.258 e. The second kappa shape index (κ2) is 8.26. The molecule has 0 aromatic heterocycles. The fourth-order valence-corrected chi connectivity index (χ4v) is 3.01. The molecule has 1 atom stereocenters. The lowest BCUT2D eigenvalue weighted by molar-refractivity contribution is 0.0975. The number of rotatable bonds is 4. The number of nitrogens with one attached hydrogen (secondary N) is 2. The maximum Gasteiger partial charge on any atom is 0.258 e. The molecule has 2 N–H and O–H groups in total. The van der Waals surface area contributed by atoms with E-state index in [2.05, 4.69) is 15.6 Å². The predicted octanol–water partition coefficient (Wildman–Crippen LogP) is 2.93. The number of fused-ring (bicyclic) bond motifs is 1. The number of carbonyl (C=O) groups is 1. The lowest BCUT2D eigenvalue weighted by Crippen LogP contribution is -2.36. The zero-order valence-corrected chi connectivity index (χ0v) is 15.1. The van der Waals surface area contributed by atoms with Gasteiger partial charge in [0.1, 0.15) is 5.82 Å². The molecule has 1 amide bonds. The van der Waals surface area contributed by atoms with Crippen LogP contribution in [0.5, 0.6) is 11.5 Å². The number of carbonyl (C=O) groups excluding carboxylic acids is 1. The third-order valence-corrected chi connectivity index (χ3v) is 4.43. The number of nitrogens with zero attached hydrogens (tertiary/aromatic N) is 1. The molecule has 28 heavy (non-hydrogen) atoms. The van der Waals surface area contributed by atoms with Crippen LogP contribution in [0.1, 0.15) is 23.2 Å². The van der Waals surface area contributed by atoms with Crippen molar-refractivity contribution in [2.24, 2.45) is 4.99 Å². The Hall–Kier alpha value is -3.13. The number of amides is 1. The molecule has 2 aliphatic rings. The summed E-state index contributed by atoms with van der Waals surface area (Å²) in [6, 6.07) is 10.9. The zero-order chi connectivity index (χ0) is 19.3. The van der Waals surface area contributed by atoms with E-state index in [1.165, 1.54) is 12.1 Å². The first-order chi connectivity index (χ1) is 13.7. The normalized spacial score (nSPS) is 18.2. The standard InChI is InChI=1S/C20H20FN3O4/c21-14-3-1-4-15(10-14)23-20(22-11-16-5-2-8-26-16)24-19(25)13-6-7-17-18(9-13)28-12-27-17/h1,3-4,6-7,9-10,16H,2,5,8,11-12H2,(H2,22,23,24,25)/t16-/m0/s1. The number of aliphatic imine (C=N–C) groups is 1. The summed E-state index contributed by atoms with van der Waals surface area (Å²) >= 11 is 0. The molecule has 0 aliphatic carbocycles. The van der Waals surface area contributed by atoms with Gasteiger partial charge in [-0.3, -0.25) is 10.1 Å². The predicted molar refractivity (Wildman–Crippen MR) is 101 cm³/mol. The SMILES string of the molecule is O=C(NC(=NC[C@@H]1CCCO1)Nc1cccc(F)c1)c1ccc2c(c1)OCO2. The Balaban J connectivity index is 1.50. The number of ether oxygens (including phenoxy) is 3. The second-order valence-electron chi connectivity index (χ2n) is 6.48. The average Bonchev–Trinajstić information content (AvgIpc) is 3.37. The lowest BCUT2D eigenvalue weighted by Gasteiger charge is -2.13. The van der Waals surface area contributed by atoms with Crippen LogP contribution in [0.15, 0.2) is 47.5 Å². The molecule has 2 aliphatic heterocycles. The maximum absolute atomic E-state index is 13.5. The minimum Gasteiger partial charge on any atom is -0.454 e. The van der Waals surface area contributed by atoms with Crippen LogP contribution in [0.4, 0.5) is 10.1 Å². The van der Waals surface area contributed by atoms with Crippen molar-refractivity contribution in [2.45, 2.75) is 18.9 Å². The van der Waals surface area contributed by atoms with Crippen LogP contribution in [-0.2, 0) is 4.74 Å². The highest BCUT2D eigenvalue weighted by Crippen LogP contribution is 2.32. The second-order valence-corrected chi connectivity index (χ2v) is 6.48. The van der Waals surface area contributed by atoms with Gasteiger partial charge in [0.25, 0.3) is 5.91 Å². The summed E-state index contributed by atoms with van der Waals surface area (Å²) in [5.74, 6) is 0.591. The van der Waals surface area contributed by atoms with E-state index in [4.69, 9.17) is 14.2 Å². The summed E-state index contributed by atoms with van der Waals surface area (Å²) in [7, 11) is 0. The Labute approximate surface area is 161 Å². The third-order valence-electron chi connectivity index (χ3n) is 4.43. The summed E-state index contributed by atoms with van der Waals surface area (Å²) in [5.41, 5.74) is 0.882. The van der Waals surface area contributed by atoms with Crippen molar-refractivity contribution in [1.29, 1.82) is 0 Å². The van der Waals surface area contributed by atoms with Gasteiger partial charge < -0.3 is 19.5 Å². The molecule has 0 spiro atoms. The Morgan fingerprint density at radius 1 is 1.18 bits per heavy atom.